The second-order valence-corrected chi connectivity index (χ2v) is 8.76. The number of aromatic nitrogens is 3. The van der Waals surface area contributed by atoms with E-state index in [1.807, 2.05) is 12.1 Å². The Hall–Kier alpha value is -3.21. The molecule has 4 N–H and O–H groups in total. The third kappa shape index (κ3) is 4.98. The first-order chi connectivity index (χ1) is 16.6. The van der Waals surface area contributed by atoms with Crippen molar-refractivity contribution in [3.8, 4) is 11.3 Å². The fourth-order valence-corrected chi connectivity index (χ4v) is 4.47. The van der Waals surface area contributed by atoms with Crippen LogP contribution in [0.5, 0.6) is 0 Å². The largest absolute Gasteiger partial charge is 0.379 e. The van der Waals surface area contributed by atoms with Crippen LogP contribution in [-0.2, 0) is 11.3 Å². The van der Waals surface area contributed by atoms with E-state index in [1.165, 1.54) is 11.9 Å². The van der Waals surface area contributed by atoms with Gasteiger partial charge >= 0.3 is 0 Å². The van der Waals surface area contributed by atoms with E-state index in [0.29, 0.717) is 42.1 Å². The number of fused-ring (bicyclic) bond motifs is 1. The first kappa shape index (κ1) is 22.6. The number of ether oxygens (including phenoxy) is 1. The van der Waals surface area contributed by atoms with Crippen LogP contribution in [0.25, 0.3) is 22.3 Å². The van der Waals surface area contributed by atoms with Crippen LogP contribution in [0.1, 0.15) is 22.3 Å². The average Bonchev–Trinajstić information content (AvgIpc) is 2.85. The van der Waals surface area contributed by atoms with Crippen LogP contribution >= 0.6 is 0 Å². The molecule has 10 heteroatoms. The van der Waals surface area contributed by atoms with Crippen LogP contribution < -0.4 is 16.4 Å². The Morgan fingerprint density at radius 1 is 1.18 bits per heavy atom. The molecule has 2 saturated heterocycles. The smallest absolute Gasteiger partial charge is 0.251 e. The number of carbonyl (C=O) groups is 1. The molecule has 2 aliphatic heterocycles. The Kier molecular flexibility index (Phi) is 6.61. The van der Waals surface area contributed by atoms with Crippen molar-refractivity contribution in [2.24, 2.45) is 5.73 Å². The zero-order valence-electron chi connectivity index (χ0n) is 18.8. The number of amides is 1. The number of carbonyl (C=O) groups excluding carboxylic acids is 1. The fraction of sp³-hybridized carbons (Fsp3) is 0.417. The van der Waals surface area contributed by atoms with Gasteiger partial charge in [0.2, 0.25) is 0 Å². The van der Waals surface area contributed by atoms with Crippen LogP contribution in [0.4, 0.5) is 10.2 Å². The third-order valence-corrected chi connectivity index (χ3v) is 6.25. The summed E-state index contributed by atoms with van der Waals surface area (Å²) in [5.41, 5.74) is 9.41. The molecule has 9 nitrogen and oxygen atoms in total. The van der Waals surface area contributed by atoms with Gasteiger partial charge in [0.1, 0.15) is 23.5 Å². The highest BCUT2D eigenvalue weighted by Gasteiger charge is 2.23. The molecule has 0 radical (unpaired) electrons. The zero-order chi connectivity index (χ0) is 23.5. The number of alkyl halides is 1. The van der Waals surface area contributed by atoms with Crippen molar-refractivity contribution in [3.05, 3.63) is 47.8 Å². The second kappa shape index (κ2) is 9.96. The summed E-state index contributed by atoms with van der Waals surface area (Å²) >= 11 is 0. The van der Waals surface area contributed by atoms with E-state index in [-0.39, 0.29) is 11.6 Å². The number of nitrogens with zero attached hydrogens (tertiary/aromatic N) is 4. The van der Waals surface area contributed by atoms with E-state index in [0.717, 1.165) is 38.4 Å². The van der Waals surface area contributed by atoms with E-state index in [9.17, 15) is 9.18 Å². The van der Waals surface area contributed by atoms with Crippen molar-refractivity contribution >= 4 is 22.8 Å². The quantitative estimate of drug-likeness (QED) is 0.504. The van der Waals surface area contributed by atoms with Crippen molar-refractivity contribution in [1.29, 1.82) is 0 Å². The molecule has 34 heavy (non-hydrogen) atoms. The number of primary amides is 1. The number of nitrogens with one attached hydrogen (secondary N) is 2. The molecule has 3 aromatic rings. The van der Waals surface area contributed by atoms with Crippen LogP contribution in [0.15, 0.2) is 36.7 Å². The average molecular weight is 466 g/mol. The maximum atomic E-state index is 13.9. The minimum absolute atomic E-state index is 0.149. The highest BCUT2D eigenvalue weighted by molar-refractivity contribution is 6.06. The molecule has 0 unspecified atom stereocenters. The number of anilines is 1. The predicted molar refractivity (Wildman–Crippen MR) is 127 cm³/mol. The van der Waals surface area contributed by atoms with Crippen LogP contribution in [0, 0.1) is 0 Å². The Balaban J connectivity index is 1.46. The number of piperidine rings is 1. The molecule has 2 atom stereocenters. The number of morpholine rings is 1. The second-order valence-electron chi connectivity index (χ2n) is 8.76. The van der Waals surface area contributed by atoms with E-state index in [4.69, 9.17) is 15.5 Å². The number of rotatable bonds is 6. The van der Waals surface area contributed by atoms with Gasteiger partial charge in [0.05, 0.1) is 24.5 Å². The van der Waals surface area contributed by atoms with Gasteiger partial charge in [0.15, 0.2) is 5.82 Å². The number of pyridine rings is 1. The number of benzene rings is 1. The fourth-order valence-electron chi connectivity index (χ4n) is 4.47. The summed E-state index contributed by atoms with van der Waals surface area (Å²) < 4.78 is 19.3. The molecule has 2 fully saturated rings. The highest BCUT2D eigenvalue weighted by Crippen LogP contribution is 2.28. The van der Waals surface area contributed by atoms with Crippen molar-refractivity contribution < 1.29 is 13.9 Å². The molecule has 0 saturated carbocycles. The minimum atomic E-state index is -0.931. The molecule has 4 heterocycles. The maximum Gasteiger partial charge on any atom is 0.251 e. The summed E-state index contributed by atoms with van der Waals surface area (Å²) in [7, 11) is 0. The molecule has 0 spiro atoms. The van der Waals surface area contributed by atoms with Gasteiger partial charge < -0.3 is 21.1 Å². The van der Waals surface area contributed by atoms with Gasteiger partial charge in [-0.05, 0) is 11.6 Å². The Bertz CT molecular complexity index is 1170. The van der Waals surface area contributed by atoms with Gasteiger partial charge in [-0.1, -0.05) is 24.3 Å². The summed E-state index contributed by atoms with van der Waals surface area (Å²) in [6, 6.07) is 9.63. The van der Waals surface area contributed by atoms with Crippen molar-refractivity contribution in [2.75, 3.05) is 44.7 Å². The molecule has 1 amide bonds. The topological polar surface area (TPSA) is 118 Å². The maximum absolute atomic E-state index is 13.9. The van der Waals surface area contributed by atoms with Crippen molar-refractivity contribution in [3.63, 3.8) is 0 Å². The lowest BCUT2D eigenvalue weighted by Crippen LogP contribution is -2.44. The molecule has 1 aromatic carbocycles. The molecule has 0 aliphatic carbocycles. The Morgan fingerprint density at radius 2 is 1.97 bits per heavy atom. The van der Waals surface area contributed by atoms with Gasteiger partial charge in [-0.2, -0.15) is 0 Å². The number of hydrogen-bond acceptors (Lipinski definition) is 8. The number of halogens is 1. The van der Waals surface area contributed by atoms with Gasteiger partial charge in [-0.15, -0.1) is 0 Å². The summed E-state index contributed by atoms with van der Waals surface area (Å²) in [5, 5.41) is 6.34. The van der Waals surface area contributed by atoms with Gasteiger partial charge in [-0.25, -0.2) is 19.3 Å². The first-order valence-corrected chi connectivity index (χ1v) is 11.5. The first-order valence-electron chi connectivity index (χ1n) is 11.5. The van der Waals surface area contributed by atoms with Crippen molar-refractivity contribution in [1.82, 2.24) is 25.2 Å². The summed E-state index contributed by atoms with van der Waals surface area (Å²) in [5.74, 6) is -0.135. The lowest BCUT2D eigenvalue weighted by atomic mass is 10.0. The molecule has 2 aliphatic rings. The zero-order valence-corrected chi connectivity index (χ0v) is 18.8. The summed E-state index contributed by atoms with van der Waals surface area (Å²) in [6.45, 7) is 5.18. The lowest BCUT2D eigenvalue weighted by molar-refractivity contribution is 0.0342. The molecule has 2 aromatic heterocycles. The number of nitrogens with two attached hydrogens (primary N) is 1. The Labute approximate surface area is 196 Å². The summed E-state index contributed by atoms with van der Waals surface area (Å²) in [6.07, 6.45) is 0.799. The third-order valence-electron chi connectivity index (χ3n) is 6.25. The van der Waals surface area contributed by atoms with E-state index < -0.39 is 12.1 Å². The van der Waals surface area contributed by atoms with Crippen LogP contribution in [0.3, 0.4) is 0 Å². The normalized spacial score (nSPS) is 21.4. The number of hydrogen-bond donors (Lipinski definition) is 3. The monoisotopic (exact) mass is 465 g/mol. The van der Waals surface area contributed by atoms with Gasteiger partial charge in [-0.3, -0.25) is 9.69 Å². The van der Waals surface area contributed by atoms with Crippen LogP contribution in [-0.4, -0.2) is 77.4 Å². The van der Waals surface area contributed by atoms with Gasteiger partial charge in [0, 0.05) is 50.7 Å². The van der Waals surface area contributed by atoms with E-state index in [2.05, 4.69) is 37.6 Å². The highest BCUT2D eigenvalue weighted by atomic mass is 19.1. The van der Waals surface area contributed by atoms with Gasteiger partial charge in [0.25, 0.3) is 5.91 Å². The summed E-state index contributed by atoms with van der Waals surface area (Å²) in [4.78, 5) is 28.0. The molecule has 0 bridgehead atoms. The lowest BCUT2D eigenvalue weighted by Gasteiger charge is -2.27. The molecule has 178 valence electrons. The van der Waals surface area contributed by atoms with E-state index >= 15 is 0 Å². The Morgan fingerprint density at radius 3 is 2.71 bits per heavy atom. The SMILES string of the molecule is NC(=O)c1cc(-c2ccc(CN3CCOCC3)cc2)nc2c(N[C@H]3CNC[C@H](F)C3)ncnc12. The van der Waals surface area contributed by atoms with E-state index in [1.54, 1.807) is 6.07 Å². The molecular weight excluding hydrogens is 437 g/mol. The molecule has 5 rings (SSSR count). The standard InChI is InChI=1S/C24H28FN7O2/c25-17-9-18(12-27-11-17)30-24-22-21(28-14-29-24)19(23(26)33)10-20(31-22)16-3-1-15(2-4-16)13-32-5-7-34-8-6-32/h1-4,10,14,17-18,27H,5-9,11-13H2,(H2,26,33)(H,28,29,30)/t17-,18-/m1/s1. The predicted octanol–water partition coefficient (Wildman–Crippen LogP) is 1.73. The van der Waals surface area contributed by atoms with Crippen molar-refractivity contribution in [2.45, 2.75) is 25.2 Å². The molecular formula is C24H28FN7O2. The van der Waals surface area contributed by atoms with Crippen LogP contribution in [0.2, 0.25) is 0 Å². The minimum Gasteiger partial charge on any atom is -0.379 e.